The van der Waals surface area contributed by atoms with E-state index in [0.717, 1.165) is 5.56 Å². The number of hydrogen-bond donors (Lipinski definition) is 1. The van der Waals surface area contributed by atoms with E-state index in [2.05, 4.69) is 16.5 Å². The van der Waals surface area contributed by atoms with Gasteiger partial charge in [-0.3, -0.25) is 9.59 Å². The van der Waals surface area contributed by atoms with E-state index >= 15 is 0 Å². The minimum atomic E-state index is -0.460. The highest BCUT2D eigenvalue weighted by atomic mass is 16.5. The maximum atomic E-state index is 12.9. The summed E-state index contributed by atoms with van der Waals surface area (Å²) in [7, 11) is 3.10. The summed E-state index contributed by atoms with van der Waals surface area (Å²) >= 11 is 0. The second kappa shape index (κ2) is 9.13. The number of anilines is 2. The van der Waals surface area contributed by atoms with E-state index in [9.17, 15) is 9.59 Å². The number of benzene rings is 2. The Balaban J connectivity index is 1.44. The molecule has 4 rings (SSSR count). The van der Waals surface area contributed by atoms with E-state index in [1.54, 1.807) is 54.3 Å². The van der Waals surface area contributed by atoms with E-state index in [-0.39, 0.29) is 18.2 Å². The molecule has 1 aliphatic heterocycles. The lowest BCUT2D eigenvalue weighted by Crippen LogP contribution is -2.28. The Hall–Kier alpha value is -3.81. The predicted molar refractivity (Wildman–Crippen MR) is 121 cm³/mol. The molecule has 2 heterocycles. The van der Waals surface area contributed by atoms with Crippen LogP contribution in [-0.2, 0) is 16.1 Å². The molecule has 1 aliphatic rings. The third-order valence-corrected chi connectivity index (χ3v) is 5.56. The van der Waals surface area contributed by atoms with E-state index < -0.39 is 5.92 Å². The Labute approximate surface area is 186 Å². The molecule has 2 amide bonds. The fourth-order valence-electron chi connectivity index (χ4n) is 3.90. The number of amides is 2. The van der Waals surface area contributed by atoms with Gasteiger partial charge in [-0.1, -0.05) is 29.8 Å². The first kappa shape index (κ1) is 21.4. The van der Waals surface area contributed by atoms with E-state index in [0.29, 0.717) is 36.1 Å². The lowest BCUT2D eigenvalue weighted by molar-refractivity contribution is -0.122. The van der Waals surface area contributed by atoms with Crippen LogP contribution in [0.1, 0.15) is 17.5 Å². The van der Waals surface area contributed by atoms with Gasteiger partial charge in [0.25, 0.3) is 0 Å². The maximum Gasteiger partial charge on any atom is 0.230 e. The summed E-state index contributed by atoms with van der Waals surface area (Å²) in [6.45, 7) is 2.88. The third-order valence-electron chi connectivity index (χ3n) is 5.56. The number of carbonyl (C=O) groups is 2. The number of nitrogens with zero attached hydrogens (tertiary/aromatic N) is 3. The monoisotopic (exact) mass is 434 g/mol. The van der Waals surface area contributed by atoms with Crippen LogP contribution in [0.4, 0.5) is 11.5 Å². The van der Waals surface area contributed by atoms with Gasteiger partial charge in [-0.05, 0) is 24.6 Å². The number of methoxy groups -OCH3 is 2. The van der Waals surface area contributed by atoms with Gasteiger partial charge in [0.2, 0.25) is 11.8 Å². The van der Waals surface area contributed by atoms with Crippen molar-refractivity contribution in [3.8, 4) is 11.5 Å². The summed E-state index contributed by atoms with van der Waals surface area (Å²) in [5, 5.41) is 7.27. The summed E-state index contributed by atoms with van der Waals surface area (Å²) < 4.78 is 12.3. The van der Waals surface area contributed by atoms with Crippen LogP contribution in [-0.4, -0.2) is 42.4 Å². The number of carbonyl (C=O) groups excluding carboxylic acids is 2. The quantitative estimate of drug-likeness (QED) is 0.617. The van der Waals surface area contributed by atoms with Crippen molar-refractivity contribution in [2.75, 3.05) is 31.0 Å². The van der Waals surface area contributed by atoms with Crippen LogP contribution in [0, 0.1) is 12.8 Å². The fourth-order valence-corrected chi connectivity index (χ4v) is 3.90. The highest BCUT2D eigenvalue weighted by Crippen LogP contribution is 2.34. The molecule has 1 N–H and O–H groups in total. The zero-order valence-electron chi connectivity index (χ0n) is 18.4. The molecular formula is C24H26N4O4. The van der Waals surface area contributed by atoms with Crippen molar-refractivity contribution in [2.24, 2.45) is 5.92 Å². The Morgan fingerprint density at radius 3 is 2.69 bits per heavy atom. The van der Waals surface area contributed by atoms with E-state index in [4.69, 9.17) is 9.47 Å². The molecule has 0 saturated carbocycles. The van der Waals surface area contributed by atoms with Crippen molar-refractivity contribution in [3.05, 3.63) is 65.9 Å². The molecule has 32 heavy (non-hydrogen) atoms. The number of aromatic nitrogens is 2. The molecule has 166 valence electrons. The van der Waals surface area contributed by atoms with Gasteiger partial charge in [-0.2, -0.15) is 5.10 Å². The Kier molecular flexibility index (Phi) is 6.11. The minimum absolute atomic E-state index is 0.106. The topological polar surface area (TPSA) is 85.7 Å². The summed E-state index contributed by atoms with van der Waals surface area (Å²) in [5.74, 6) is 0.953. The lowest BCUT2D eigenvalue weighted by Gasteiger charge is -2.18. The van der Waals surface area contributed by atoms with Crippen LogP contribution in [0.2, 0.25) is 0 Å². The van der Waals surface area contributed by atoms with Crippen LogP contribution < -0.4 is 19.7 Å². The highest BCUT2D eigenvalue weighted by molar-refractivity contribution is 6.03. The third kappa shape index (κ3) is 4.44. The lowest BCUT2D eigenvalue weighted by atomic mass is 10.1. The molecule has 1 saturated heterocycles. The van der Waals surface area contributed by atoms with E-state index in [1.165, 1.54) is 5.56 Å². The highest BCUT2D eigenvalue weighted by Gasteiger charge is 2.35. The van der Waals surface area contributed by atoms with Gasteiger partial charge in [0.15, 0.2) is 11.5 Å². The van der Waals surface area contributed by atoms with Gasteiger partial charge in [0.05, 0.1) is 32.9 Å². The molecule has 8 heteroatoms. The number of aryl methyl sites for hydroxylation is 1. The smallest absolute Gasteiger partial charge is 0.230 e. The number of rotatable bonds is 7. The molecular weight excluding hydrogens is 408 g/mol. The number of hydrogen-bond acceptors (Lipinski definition) is 5. The Morgan fingerprint density at radius 2 is 1.94 bits per heavy atom. The molecule has 1 aromatic heterocycles. The van der Waals surface area contributed by atoms with Gasteiger partial charge in [-0.15, -0.1) is 0 Å². The summed E-state index contributed by atoms with van der Waals surface area (Å²) in [5.41, 5.74) is 2.94. The molecule has 2 aromatic carbocycles. The second-order valence-corrected chi connectivity index (χ2v) is 7.80. The SMILES string of the molecule is COc1ccc(N2CC(C(=O)Nc3ccnn3Cc3cccc(C)c3)CC2=O)cc1OC. The van der Waals surface area contributed by atoms with Crippen molar-refractivity contribution in [1.82, 2.24) is 9.78 Å². The first-order valence-electron chi connectivity index (χ1n) is 10.4. The van der Waals surface area contributed by atoms with E-state index in [1.807, 2.05) is 25.1 Å². The molecule has 0 radical (unpaired) electrons. The average Bonchev–Trinajstić information content (AvgIpc) is 3.39. The molecule has 0 bridgehead atoms. The Morgan fingerprint density at radius 1 is 1.12 bits per heavy atom. The van der Waals surface area contributed by atoms with Gasteiger partial charge in [-0.25, -0.2) is 4.68 Å². The Bertz CT molecular complexity index is 1140. The zero-order chi connectivity index (χ0) is 22.7. The number of nitrogens with one attached hydrogen (secondary N) is 1. The van der Waals surface area contributed by atoms with Gasteiger partial charge >= 0.3 is 0 Å². The minimum Gasteiger partial charge on any atom is -0.493 e. The van der Waals surface area contributed by atoms with Crippen LogP contribution in [0.15, 0.2) is 54.7 Å². The largest absolute Gasteiger partial charge is 0.493 e. The molecule has 0 spiro atoms. The van der Waals surface area contributed by atoms with Crippen molar-refractivity contribution >= 4 is 23.3 Å². The van der Waals surface area contributed by atoms with Gasteiger partial charge in [0.1, 0.15) is 5.82 Å². The van der Waals surface area contributed by atoms with Crippen LogP contribution in [0.25, 0.3) is 0 Å². The standard InChI is InChI=1S/C24H26N4O4/c1-16-5-4-6-17(11-16)14-28-22(9-10-25-28)26-24(30)18-12-23(29)27(15-18)19-7-8-20(31-2)21(13-19)32-3/h4-11,13,18H,12,14-15H2,1-3H3,(H,26,30). The molecule has 1 atom stereocenters. The van der Waals surface area contributed by atoms with Gasteiger partial charge < -0.3 is 19.7 Å². The van der Waals surface area contributed by atoms with Crippen molar-refractivity contribution < 1.29 is 19.1 Å². The number of ether oxygens (including phenoxy) is 2. The second-order valence-electron chi connectivity index (χ2n) is 7.80. The average molecular weight is 434 g/mol. The van der Waals surface area contributed by atoms with Crippen molar-refractivity contribution in [3.63, 3.8) is 0 Å². The zero-order valence-corrected chi connectivity index (χ0v) is 18.4. The van der Waals surface area contributed by atoms with Crippen molar-refractivity contribution in [1.29, 1.82) is 0 Å². The van der Waals surface area contributed by atoms with Crippen molar-refractivity contribution in [2.45, 2.75) is 19.9 Å². The summed E-state index contributed by atoms with van der Waals surface area (Å²) in [4.78, 5) is 27.2. The van der Waals surface area contributed by atoms with Gasteiger partial charge in [0, 0.05) is 30.8 Å². The normalized spacial score (nSPS) is 15.7. The first-order valence-corrected chi connectivity index (χ1v) is 10.4. The van der Waals surface area contributed by atoms with Crippen LogP contribution in [0.5, 0.6) is 11.5 Å². The van der Waals surface area contributed by atoms with Crippen LogP contribution in [0.3, 0.4) is 0 Å². The van der Waals surface area contributed by atoms with Crippen LogP contribution >= 0.6 is 0 Å². The maximum absolute atomic E-state index is 12.9. The summed E-state index contributed by atoms with van der Waals surface area (Å²) in [6.07, 6.45) is 1.80. The molecule has 3 aromatic rings. The molecule has 0 aliphatic carbocycles. The first-order chi connectivity index (χ1) is 15.5. The summed E-state index contributed by atoms with van der Waals surface area (Å²) in [6, 6.07) is 15.2. The predicted octanol–water partition coefficient (Wildman–Crippen LogP) is 3.25. The molecule has 8 nitrogen and oxygen atoms in total. The molecule has 1 fully saturated rings. The molecule has 1 unspecified atom stereocenters. The fraction of sp³-hybridized carbons (Fsp3) is 0.292.